The average Bonchev–Trinajstić information content (AvgIpc) is 2.60. The van der Waals surface area contributed by atoms with Gasteiger partial charge in [0.1, 0.15) is 0 Å². The summed E-state index contributed by atoms with van der Waals surface area (Å²) < 4.78 is 6.80. The van der Waals surface area contributed by atoms with Crippen LogP contribution in [0.3, 0.4) is 0 Å². The molecule has 2 rings (SSSR count). The maximum Gasteiger partial charge on any atom is 0.0718 e. The molecule has 2 bridgehead atoms. The highest BCUT2D eigenvalue weighted by molar-refractivity contribution is 14.1. The number of fused-ring (bicyclic) bond motifs is 2. The van der Waals surface area contributed by atoms with E-state index in [1.54, 1.807) is 0 Å². The van der Waals surface area contributed by atoms with Crippen molar-refractivity contribution in [2.24, 2.45) is 0 Å². The van der Waals surface area contributed by atoms with Crippen LogP contribution in [0.25, 0.3) is 0 Å². The second kappa shape index (κ2) is 3.58. The van der Waals surface area contributed by atoms with Crippen molar-refractivity contribution < 1.29 is 4.74 Å². The lowest BCUT2D eigenvalue weighted by molar-refractivity contribution is 0.0309. The van der Waals surface area contributed by atoms with Crippen LogP contribution < -0.4 is 0 Å². The molecular formula is C8H14INO. The van der Waals surface area contributed by atoms with Gasteiger partial charge in [0.25, 0.3) is 0 Å². The number of hydrogen-bond donors (Lipinski definition) is 0. The molecule has 2 aliphatic rings. The minimum absolute atomic E-state index is 0.578. The van der Waals surface area contributed by atoms with Gasteiger partial charge in [0, 0.05) is 17.0 Å². The molecule has 2 saturated heterocycles. The normalized spacial score (nSPS) is 36.8. The number of ether oxygens (including phenoxy) is 1. The Morgan fingerprint density at radius 1 is 1.55 bits per heavy atom. The molecule has 2 nitrogen and oxygen atoms in total. The Labute approximate surface area is 81.4 Å². The molecule has 0 unspecified atom stereocenters. The Morgan fingerprint density at radius 2 is 2.45 bits per heavy atom. The molecule has 64 valence electrons. The summed E-state index contributed by atoms with van der Waals surface area (Å²) in [7, 11) is 0. The van der Waals surface area contributed by atoms with Gasteiger partial charge in [0.15, 0.2) is 0 Å². The molecule has 0 aromatic rings. The smallest absolute Gasteiger partial charge is 0.0718 e. The van der Waals surface area contributed by atoms with Gasteiger partial charge in [-0.05, 0) is 19.4 Å². The van der Waals surface area contributed by atoms with E-state index in [9.17, 15) is 0 Å². The van der Waals surface area contributed by atoms with E-state index in [4.69, 9.17) is 4.74 Å². The third-order valence-electron chi connectivity index (χ3n) is 2.59. The Bertz CT molecular complexity index is 142. The summed E-state index contributed by atoms with van der Waals surface area (Å²) in [5, 5.41) is 0. The van der Waals surface area contributed by atoms with Crippen molar-refractivity contribution in [1.29, 1.82) is 0 Å². The second-order valence-corrected chi connectivity index (χ2v) is 4.46. The minimum Gasteiger partial charge on any atom is -0.375 e. The van der Waals surface area contributed by atoms with Gasteiger partial charge < -0.3 is 4.74 Å². The second-order valence-electron chi connectivity index (χ2n) is 3.38. The van der Waals surface area contributed by atoms with Gasteiger partial charge in [-0.3, -0.25) is 4.90 Å². The SMILES string of the molecule is ICCCN1C[C@@H]2C[C@H]1CO2. The molecule has 2 fully saturated rings. The predicted molar refractivity (Wildman–Crippen MR) is 53.2 cm³/mol. The van der Waals surface area contributed by atoms with Gasteiger partial charge in [0.2, 0.25) is 0 Å². The summed E-state index contributed by atoms with van der Waals surface area (Å²) in [6.07, 6.45) is 3.21. The zero-order valence-corrected chi connectivity index (χ0v) is 8.79. The van der Waals surface area contributed by atoms with E-state index < -0.39 is 0 Å². The molecular weight excluding hydrogens is 253 g/mol. The van der Waals surface area contributed by atoms with Gasteiger partial charge in [-0.2, -0.15) is 0 Å². The average molecular weight is 267 g/mol. The fraction of sp³-hybridized carbons (Fsp3) is 1.00. The van der Waals surface area contributed by atoms with Crippen molar-refractivity contribution in [1.82, 2.24) is 4.90 Å². The van der Waals surface area contributed by atoms with Gasteiger partial charge in [-0.25, -0.2) is 0 Å². The van der Waals surface area contributed by atoms with Crippen molar-refractivity contribution in [3.8, 4) is 0 Å². The van der Waals surface area contributed by atoms with Crippen molar-refractivity contribution >= 4 is 22.6 Å². The van der Waals surface area contributed by atoms with Crippen LogP contribution in [-0.2, 0) is 4.74 Å². The van der Waals surface area contributed by atoms with Crippen LogP contribution in [0.15, 0.2) is 0 Å². The van der Waals surface area contributed by atoms with E-state index in [1.807, 2.05) is 0 Å². The zero-order chi connectivity index (χ0) is 7.68. The molecule has 3 heteroatoms. The molecule has 0 saturated carbocycles. The summed E-state index contributed by atoms with van der Waals surface area (Å²) in [4.78, 5) is 2.59. The zero-order valence-electron chi connectivity index (χ0n) is 6.63. The van der Waals surface area contributed by atoms with Crippen LogP contribution in [0.4, 0.5) is 0 Å². The van der Waals surface area contributed by atoms with E-state index in [2.05, 4.69) is 27.5 Å². The van der Waals surface area contributed by atoms with Gasteiger partial charge >= 0.3 is 0 Å². The summed E-state index contributed by atoms with van der Waals surface area (Å²) in [6, 6.07) is 0.767. The van der Waals surface area contributed by atoms with Crippen LogP contribution in [0.1, 0.15) is 12.8 Å². The van der Waals surface area contributed by atoms with E-state index in [1.165, 1.54) is 30.4 Å². The van der Waals surface area contributed by atoms with Crippen LogP contribution in [-0.4, -0.2) is 41.2 Å². The first-order chi connectivity index (χ1) is 5.40. The van der Waals surface area contributed by atoms with E-state index in [-0.39, 0.29) is 0 Å². The largest absolute Gasteiger partial charge is 0.375 e. The Hall–Kier alpha value is 0.650. The van der Waals surface area contributed by atoms with Crippen molar-refractivity contribution in [3.05, 3.63) is 0 Å². The summed E-state index contributed by atoms with van der Waals surface area (Å²) >= 11 is 2.45. The fourth-order valence-electron chi connectivity index (χ4n) is 2.02. The Kier molecular flexibility index (Phi) is 2.69. The number of rotatable bonds is 3. The first-order valence-electron chi connectivity index (χ1n) is 4.32. The monoisotopic (exact) mass is 267 g/mol. The lowest BCUT2D eigenvalue weighted by atomic mass is 10.2. The molecule has 0 aliphatic carbocycles. The standard InChI is InChI=1S/C8H14INO/c9-2-1-3-10-5-8-4-7(10)6-11-8/h7-8H,1-6H2/t7-,8-/m0/s1. The first kappa shape index (κ1) is 8.26. The van der Waals surface area contributed by atoms with E-state index in [0.29, 0.717) is 6.10 Å². The summed E-state index contributed by atoms with van der Waals surface area (Å²) in [6.45, 7) is 3.47. The highest BCUT2D eigenvalue weighted by atomic mass is 127. The molecule has 0 N–H and O–H groups in total. The lowest BCUT2D eigenvalue weighted by Gasteiger charge is -2.26. The lowest BCUT2D eigenvalue weighted by Crippen LogP contribution is -2.37. The highest BCUT2D eigenvalue weighted by Gasteiger charge is 2.38. The number of likely N-dealkylation sites (tertiary alicyclic amines) is 1. The maximum atomic E-state index is 5.52. The number of hydrogen-bond acceptors (Lipinski definition) is 2. The first-order valence-corrected chi connectivity index (χ1v) is 5.84. The fourth-order valence-corrected chi connectivity index (χ4v) is 2.36. The van der Waals surface area contributed by atoms with Gasteiger partial charge in [0.05, 0.1) is 12.7 Å². The van der Waals surface area contributed by atoms with E-state index >= 15 is 0 Å². The van der Waals surface area contributed by atoms with E-state index in [0.717, 1.165) is 12.6 Å². The third kappa shape index (κ3) is 1.70. The summed E-state index contributed by atoms with van der Waals surface area (Å²) in [5.74, 6) is 0. The molecule has 0 spiro atoms. The number of halogens is 1. The molecule has 0 amide bonds. The van der Waals surface area contributed by atoms with Gasteiger partial charge in [-0.15, -0.1) is 0 Å². The van der Waals surface area contributed by atoms with Crippen molar-refractivity contribution in [2.75, 3.05) is 24.1 Å². The Balaban J connectivity index is 1.78. The molecule has 11 heavy (non-hydrogen) atoms. The molecule has 2 aliphatic heterocycles. The van der Waals surface area contributed by atoms with Crippen LogP contribution in [0.5, 0.6) is 0 Å². The highest BCUT2D eigenvalue weighted by Crippen LogP contribution is 2.27. The molecule has 2 heterocycles. The number of nitrogens with zero attached hydrogens (tertiary/aromatic N) is 1. The molecule has 0 aromatic carbocycles. The van der Waals surface area contributed by atoms with Crippen molar-refractivity contribution in [3.63, 3.8) is 0 Å². The number of alkyl halides is 1. The minimum atomic E-state index is 0.578. The Morgan fingerprint density at radius 3 is 3.00 bits per heavy atom. The summed E-state index contributed by atoms with van der Waals surface area (Å²) in [5.41, 5.74) is 0. The third-order valence-corrected chi connectivity index (χ3v) is 3.36. The predicted octanol–water partition coefficient (Wildman–Crippen LogP) is 1.28. The number of morpholine rings is 1. The molecule has 0 radical (unpaired) electrons. The maximum absolute atomic E-state index is 5.52. The van der Waals surface area contributed by atoms with Crippen molar-refractivity contribution in [2.45, 2.75) is 25.0 Å². The molecule has 2 atom stereocenters. The van der Waals surface area contributed by atoms with Gasteiger partial charge in [-0.1, -0.05) is 22.6 Å². The molecule has 0 aromatic heterocycles. The van der Waals surface area contributed by atoms with Crippen LogP contribution in [0.2, 0.25) is 0 Å². The van der Waals surface area contributed by atoms with Crippen LogP contribution in [0, 0.1) is 0 Å². The quantitative estimate of drug-likeness (QED) is 0.564. The topological polar surface area (TPSA) is 12.5 Å². The van der Waals surface area contributed by atoms with Crippen LogP contribution >= 0.6 is 22.6 Å².